The summed E-state index contributed by atoms with van der Waals surface area (Å²) in [7, 11) is 0.164. The Morgan fingerprint density at radius 3 is 2.63 bits per heavy atom. The molecule has 0 aromatic carbocycles. The number of aromatic nitrogens is 4. The molecule has 0 aliphatic carbocycles. The van der Waals surface area contributed by atoms with Gasteiger partial charge >= 0.3 is 0 Å². The number of rotatable bonds is 9. The second kappa shape index (κ2) is 7.78. The third-order valence-corrected chi connectivity index (χ3v) is 4.31. The van der Waals surface area contributed by atoms with E-state index in [1.54, 1.807) is 4.68 Å². The van der Waals surface area contributed by atoms with Gasteiger partial charge in [-0.25, -0.2) is 13.1 Å². The largest absolute Gasteiger partial charge is 0.354 e. The molecule has 0 aliphatic rings. The Balaban J connectivity index is 2.44. The minimum atomic E-state index is -2.91. The van der Waals surface area contributed by atoms with E-state index < -0.39 is 16.1 Å². The van der Waals surface area contributed by atoms with Crippen LogP contribution in [0.15, 0.2) is 5.16 Å². The molecule has 0 saturated heterocycles. The lowest BCUT2D eigenvalue weighted by molar-refractivity contribution is -0.113. The molecule has 0 bridgehead atoms. The van der Waals surface area contributed by atoms with Crippen molar-refractivity contribution < 1.29 is 17.9 Å². The average molecular weight is 310 g/mol. The number of hydrogen-bond acceptors (Lipinski definition) is 8. The van der Waals surface area contributed by atoms with Gasteiger partial charge in [0.1, 0.15) is 9.84 Å². The summed E-state index contributed by atoms with van der Waals surface area (Å²) in [5.74, 6) is 0.804. The predicted molar refractivity (Wildman–Crippen MR) is 70.7 cm³/mol. The van der Waals surface area contributed by atoms with E-state index in [1.165, 1.54) is 32.2 Å². The number of ether oxygens (including phenoxy) is 2. The number of tetrazole rings is 1. The molecule has 19 heavy (non-hydrogen) atoms. The predicted octanol–water partition coefficient (Wildman–Crippen LogP) is -0.181. The summed E-state index contributed by atoms with van der Waals surface area (Å²) in [6.07, 6.45) is 1.37. The molecule has 0 atom stereocenters. The SMILES string of the molecule is COC(Cn1nnnc1SCCCS(C)(=O)=O)OC. The maximum atomic E-state index is 11.0. The topological polar surface area (TPSA) is 96.2 Å². The first kappa shape index (κ1) is 16.3. The Morgan fingerprint density at radius 1 is 1.37 bits per heavy atom. The molecule has 1 rings (SSSR count). The highest BCUT2D eigenvalue weighted by Crippen LogP contribution is 2.15. The summed E-state index contributed by atoms with van der Waals surface area (Å²) in [5, 5.41) is 11.9. The van der Waals surface area contributed by atoms with Crippen molar-refractivity contribution in [2.45, 2.75) is 24.4 Å². The smallest absolute Gasteiger partial charge is 0.209 e. The minimum absolute atomic E-state index is 0.167. The standard InChI is InChI=1S/C9H18N4O4S2/c1-16-8(17-2)7-13-9(10-11-12-13)18-5-4-6-19(3,14)15/h8H,4-7H2,1-3H3. The molecule has 1 aromatic rings. The second-order valence-electron chi connectivity index (χ2n) is 3.88. The summed E-state index contributed by atoms with van der Waals surface area (Å²) in [4.78, 5) is 0. The fraction of sp³-hybridized carbons (Fsp3) is 0.889. The first-order valence-corrected chi connectivity index (χ1v) is 8.63. The maximum absolute atomic E-state index is 11.0. The maximum Gasteiger partial charge on any atom is 0.209 e. The number of thioether (sulfide) groups is 1. The second-order valence-corrected chi connectivity index (χ2v) is 7.20. The van der Waals surface area contributed by atoms with Gasteiger partial charge in [-0.1, -0.05) is 11.8 Å². The van der Waals surface area contributed by atoms with E-state index in [1.807, 2.05) is 0 Å². The van der Waals surface area contributed by atoms with Crippen LogP contribution < -0.4 is 0 Å². The van der Waals surface area contributed by atoms with E-state index in [0.717, 1.165) is 0 Å². The molecule has 1 heterocycles. The van der Waals surface area contributed by atoms with Crippen LogP contribution in [-0.4, -0.2) is 66.9 Å². The molecule has 110 valence electrons. The van der Waals surface area contributed by atoms with Crippen LogP contribution in [0.5, 0.6) is 0 Å². The van der Waals surface area contributed by atoms with Crippen molar-refractivity contribution in [2.24, 2.45) is 0 Å². The highest BCUT2D eigenvalue weighted by molar-refractivity contribution is 7.99. The van der Waals surface area contributed by atoms with Crippen molar-refractivity contribution in [1.82, 2.24) is 20.2 Å². The van der Waals surface area contributed by atoms with Gasteiger partial charge in [0.2, 0.25) is 5.16 Å². The lowest BCUT2D eigenvalue weighted by Crippen LogP contribution is -2.22. The van der Waals surface area contributed by atoms with E-state index >= 15 is 0 Å². The van der Waals surface area contributed by atoms with Crippen LogP contribution in [0.2, 0.25) is 0 Å². The Hall–Kier alpha value is -0.710. The molecule has 0 radical (unpaired) electrons. The van der Waals surface area contributed by atoms with Gasteiger partial charge in [0.15, 0.2) is 6.29 Å². The lowest BCUT2D eigenvalue weighted by atomic mass is 10.6. The monoisotopic (exact) mass is 310 g/mol. The van der Waals surface area contributed by atoms with E-state index in [2.05, 4.69) is 15.5 Å². The number of nitrogens with zero attached hydrogens (tertiary/aromatic N) is 4. The van der Waals surface area contributed by atoms with Gasteiger partial charge in [-0.15, -0.1) is 5.10 Å². The van der Waals surface area contributed by atoms with Crippen molar-refractivity contribution in [3.8, 4) is 0 Å². The highest BCUT2D eigenvalue weighted by Gasteiger charge is 2.13. The van der Waals surface area contributed by atoms with Crippen LogP contribution in [0.1, 0.15) is 6.42 Å². The molecule has 0 spiro atoms. The first-order chi connectivity index (χ1) is 8.96. The third-order valence-electron chi connectivity index (χ3n) is 2.24. The molecule has 0 unspecified atom stereocenters. The lowest BCUT2D eigenvalue weighted by Gasteiger charge is -2.13. The molecular weight excluding hydrogens is 292 g/mol. The first-order valence-electron chi connectivity index (χ1n) is 5.58. The highest BCUT2D eigenvalue weighted by atomic mass is 32.2. The number of methoxy groups -OCH3 is 2. The molecule has 0 saturated carbocycles. The molecule has 0 amide bonds. The van der Waals surface area contributed by atoms with Crippen LogP contribution in [0.25, 0.3) is 0 Å². The van der Waals surface area contributed by atoms with Crippen molar-refractivity contribution in [1.29, 1.82) is 0 Å². The molecular formula is C9H18N4O4S2. The Morgan fingerprint density at radius 2 is 2.05 bits per heavy atom. The van der Waals surface area contributed by atoms with Crippen LogP contribution in [0.4, 0.5) is 0 Å². The van der Waals surface area contributed by atoms with Gasteiger partial charge in [0.25, 0.3) is 0 Å². The molecule has 0 aliphatic heterocycles. The molecule has 8 nitrogen and oxygen atoms in total. The van der Waals surface area contributed by atoms with E-state index in [-0.39, 0.29) is 5.75 Å². The number of hydrogen-bond donors (Lipinski definition) is 0. The van der Waals surface area contributed by atoms with Gasteiger partial charge in [-0.05, 0) is 16.8 Å². The Labute approximate surface area is 116 Å². The van der Waals surface area contributed by atoms with Crippen LogP contribution >= 0.6 is 11.8 Å². The van der Waals surface area contributed by atoms with Gasteiger partial charge in [0.05, 0.1) is 12.3 Å². The van der Waals surface area contributed by atoms with Gasteiger partial charge in [0, 0.05) is 26.2 Å². The molecule has 0 fully saturated rings. The number of sulfone groups is 1. The van der Waals surface area contributed by atoms with E-state index in [0.29, 0.717) is 23.9 Å². The Bertz CT molecular complexity index is 472. The summed E-state index contributed by atoms with van der Waals surface area (Å²) >= 11 is 1.41. The van der Waals surface area contributed by atoms with Crippen LogP contribution in [0.3, 0.4) is 0 Å². The fourth-order valence-electron chi connectivity index (χ4n) is 1.29. The van der Waals surface area contributed by atoms with Gasteiger partial charge in [-0.3, -0.25) is 0 Å². The van der Waals surface area contributed by atoms with E-state index in [4.69, 9.17) is 9.47 Å². The quantitative estimate of drug-likeness (QED) is 0.352. The van der Waals surface area contributed by atoms with Crippen LogP contribution in [0, 0.1) is 0 Å². The van der Waals surface area contributed by atoms with Gasteiger partial charge < -0.3 is 9.47 Å². The minimum Gasteiger partial charge on any atom is -0.354 e. The average Bonchev–Trinajstić information content (AvgIpc) is 2.78. The zero-order valence-electron chi connectivity index (χ0n) is 11.1. The van der Waals surface area contributed by atoms with Crippen molar-refractivity contribution in [3.05, 3.63) is 0 Å². The molecule has 1 aromatic heterocycles. The van der Waals surface area contributed by atoms with Crippen molar-refractivity contribution in [2.75, 3.05) is 32.0 Å². The summed E-state index contributed by atoms with van der Waals surface area (Å²) < 4.78 is 33.7. The van der Waals surface area contributed by atoms with E-state index in [9.17, 15) is 8.42 Å². The zero-order valence-corrected chi connectivity index (χ0v) is 12.8. The van der Waals surface area contributed by atoms with Crippen molar-refractivity contribution in [3.63, 3.8) is 0 Å². The third kappa shape index (κ3) is 6.32. The van der Waals surface area contributed by atoms with Crippen molar-refractivity contribution >= 4 is 21.6 Å². The summed E-state index contributed by atoms with van der Waals surface area (Å²) in [5.41, 5.74) is 0. The molecule has 10 heteroatoms. The Kier molecular flexibility index (Phi) is 6.69. The van der Waals surface area contributed by atoms with Crippen LogP contribution in [-0.2, 0) is 25.9 Å². The summed E-state index contributed by atoms with van der Waals surface area (Å²) in [6, 6.07) is 0. The summed E-state index contributed by atoms with van der Waals surface area (Å²) in [6.45, 7) is 0.383. The zero-order chi connectivity index (χ0) is 14.3. The van der Waals surface area contributed by atoms with Gasteiger partial charge in [-0.2, -0.15) is 0 Å². The normalized spacial score (nSPS) is 12.2. The molecule has 0 N–H and O–H groups in total. The fourth-order valence-corrected chi connectivity index (χ4v) is 2.96.